The minimum Gasteiger partial charge on any atom is -0.398 e. The van der Waals surface area contributed by atoms with Crippen LogP contribution in [0.15, 0.2) is 18.2 Å². The molecule has 100 valence electrons. The lowest BCUT2D eigenvalue weighted by molar-refractivity contribution is -0.121. The van der Waals surface area contributed by atoms with Gasteiger partial charge in [0.05, 0.1) is 13.2 Å². The number of ether oxygens (including phenoxy) is 2. The third-order valence-corrected chi connectivity index (χ3v) is 2.37. The van der Waals surface area contributed by atoms with E-state index in [0.717, 1.165) is 5.56 Å². The van der Waals surface area contributed by atoms with E-state index in [4.69, 9.17) is 15.2 Å². The van der Waals surface area contributed by atoms with Gasteiger partial charge in [0.25, 0.3) is 0 Å². The lowest BCUT2D eigenvalue weighted by Crippen LogP contribution is -2.19. The van der Waals surface area contributed by atoms with Gasteiger partial charge in [0, 0.05) is 18.0 Å². The highest BCUT2D eigenvalue weighted by Gasteiger charge is 2.03. The standard InChI is InChI=1S/C13H20N2O3/c1-3-17-6-7-18-9-13(16)15-11-5-4-10(2)12(14)8-11/h4-5,8H,3,6-7,9,14H2,1-2H3,(H,15,16). The summed E-state index contributed by atoms with van der Waals surface area (Å²) in [5.41, 5.74) is 8.07. The fourth-order valence-corrected chi connectivity index (χ4v) is 1.34. The van der Waals surface area contributed by atoms with Crippen LogP contribution in [0.1, 0.15) is 12.5 Å². The molecule has 1 aromatic rings. The molecule has 5 nitrogen and oxygen atoms in total. The van der Waals surface area contributed by atoms with E-state index in [-0.39, 0.29) is 12.5 Å². The summed E-state index contributed by atoms with van der Waals surface area (Å²) >= 11 is 0. The van der Waals surface area contributed by atoms with Crippen molar-refractivity contribution in [3.63, 3.8) is 0 Å². The molecule has 0 spiro atoms. The van der Waals surface area contributed by atoms with Gasteiger partial charge in [-0.1, -0.05) is 6.07 Å². The van der Waals surface area contributed by atoms with E-state index in [1.807, 2.05) is 26.0 Å². The molecule has 1 amide bonds. The number of amides is 1. The maximum Gasteiger partial charge on any atom is 0.250 e. The Morgan fingerprint density at radius 1 is 1.33 bits per heavy atom. The van der Waals surface area contributed by atoms with Crippen molar-refractivity contribution in [2.45, 2.75) is 13.8 Å². The number of nitrogens with two attached hydrogens (primary N) is 1. The minimum atomic E-state index is -0.199. The second-order valence-corrected chi connectivity index (χ2v) is 3.87. The third kappa shape index (κ3) is 5.16. The molecule has 1 aromatic carbocycles. The normalized spacial score (nSPS) is 10.3. The first-order valence-electron chi connectivity index (χ1n) is 5.95. The van der Waals surface area contributed by atoms with Crippen molar-refractivity contribution < 1.29 is 14.3 Å². The number of benzene rings is 1. The van der Waals surface area contributed by atoms with Crippen LogP contribution in [0.2, 0.25) is 0 Å². The van der Waals surface area contributed by atoms with E-state index in [9.17, 15) is 4.79 Å². The second-order valence-electron chi connectivity index (χ2n) is 3.87. The van der Waals surface area contributed by atoms with Crippen LogP contribution in [0.4, 0.5) is 11.4 Å². The van der Waals surface area contributed by atoms with Crippen LogP contribution in [-0.2, 0) is 14.3 Å². The Kier molecular flexibility index (Phi) is 6.18. The molecule has 0 fully saturated rings. The summed E-state index contributed by atoms with van der Waals surface area (Å²) in [5.74, 6) is -0.199. The quantitative estimate of drug-likeness (QED) is 0.570. The molecule has 18 heavy (non-hydrogen) atoms. The van der Waals surface area contributed by atoms with Crippen LogP contribution in [-0.4, -0.2) is 32.3 Å². The van der Waals surface area contributed by atoms with Gasteiger partial charge in [-0.05, 0) is 31.5 Å². The van der Waals surface area contributed by atoms with Gasteiger partial charge in [0.2, 0.25) is 5.91 Å². The molecular weight excluding hydrogens is 232 g/mol. The van der Waals surface area contributed by atoms with Gasteiger partial charge in [-0.2, -0.15) is 0 Å². The highest BCUT2D eigenvalue weighted by atomic mass is 16.5. The lowest BCUT2D eigenvalue weighted by atomic mass is 10.2. The molecule has 5 heteroatoms. The summed E-state index contributed by atoms with van der Waals surface area (Å²) in [6.07, 6.45) is 0. The van der Waals surface area contributed by atoms with Gasteiger partial charge in [-0.25, -0.2) is 0 Å². The second kappa shape index (κ2) is 7.68. The SMILES string of the molecule is CCOCCOCC(=O)Nc1ccc(C)c(N)c1. The molecule has 0 radical (unpaired) electrons. The molecule has 0 unspecified atom stereocenters. The van der Waals surface area contributed by atoms with Gasteiger partial charge >= 0.3 is 0 Å². The molecule has 0 saturated heterocycles. The van der Waals surface area contributed by atoms with Gasteiger partial charge < -0.3 is 20.5 Å². The predicted molar refractivity (Wildman–Crippen MR) is 71.5 cm³/mol. The molecule has 0 aromatic heterocycles. The van der Waals surface area contributed by atoms with E-state index in [1.54, 1.807) is 6.07 Å². The van der Waals surface area contributed by atoms with E-state index < -0.39 is 0 Å². The number of rotatable bonds is 7. The van der Waals surface area contributed by atoms with Crippen molar-refractivity contribution in [2.24, 2.45) is 0 Å². The number of hydrogen-bond acceptors (Lipinski definition) is 4. The van der Waals surface area contributed by atoms with Crippen molar-refractivity contribution in [2.75, 3.05) is 37.5 Å². The molecular formula is C13H20N2O3. The Morgan fingerprint density at radius 2 is 2.06 bits per heavy atom. The number of nitrogens with one attached hydrogen (secondary N) is 1. The van der Waals surface area contributed by atoms with Crippen LogP contribution in [0.5, 0.6) is 0 Å². The zero-order valence-electron chi connectivity index (χ0n) is 10.9. The summed E-state index contributed by atoms with van der Waals surface area (Å²) in [6, 6.07) is 5.40. The average molecular weight is 252 g/mol. The highest BCUT2D eigenvalue weighted by Crippen LogP contribution is 2.16. The molecule has 0 bridgehead atoms. The Morgan fingerprint density at radius 3 is 2.72 bits per heavy atom. The van der Waals surface area contributed by atoms with E-state index in [1.165, 1.54) is 0 Å². The van der Waals surface area contributed by atoms with Crippen molar-refractivity contribution in [3.8, 4) is 0 Å². The summed E-state index contributed by atoms with van der Waals surface area (Å²) in [4.78, 5) is 11.5. The molecule has 3 N–H and O–H groups in total. The first kappa shape index (κ1) is 14.5. The summed E-state index contributed by atoms with van der Waals surface area (Å²) in [7, 11) is 0. The van der Waals surface area contributed by atoms with Gasteiger partial charge in [-0.3, -0.25) is 4.79 Å². The maximum absolute atomic E-state index is 11.5. The molecule has 1 rings (SSSR count). The zero-order valence-corrected chi connectivity index (χ0v) is 10.9. The third-order valence-electron chi connectivity index (χ3n) is 2.37. The smallest absolute Gasteiger partial charge is 0.250 e. The van der Waals surface area contributed by atoms with Crippen LogP contribution in [0, 0.1) is 6.92 Å². The van der Waals surface area contributed by atoms with Crippen LogP contribution < -0.4 is 11.1 Å². The first-order valence-corrected chi connectivity index (χ1v) is 5.95. The largest absolute Gasteiger partial charge is 0.398 e. The Balaban J connectivity index is 2.29. The summed E-state index contributed by atoms with van der Waals surface area (Å²) in [5, 5.41) is 2.72. The molecule has 0 atom stereocenters. The van der Waals surface area contributed by atoms with Crippen LogP contribution in [0.3, 0.4) is 0 Å². The number of nitrogen functional groups attached to an aromatic ring is 1. The first-order chi connectivity index (χ1) is 8.63. The monoisotopic (exact) mass is 252 g/mol. The fraction of sp³-hybridized carbons (Fsp3) is 0.462. The number of anilines is 2. The van der Waals surface area contributed by atoms with E-state index >= 15 is 0 Å². The van der Waals surface area contributed by atoms with Gasteiger partial charge in [0.1, 0.15) is 6.61 Å². The number of aryl methyl sites for hydroxylation is 1. The maximum atomic E-state index is 11.5. The van der Waals surface area contributed by atoms with Crippen LogP contribution >= 0.6 is 0 Å². The van der Waals surface area contributed by atoms with Gasteiger partial charge in [-0.15, -0.1) is 0 Å². The summed E-state index contributed by atoms with van der Waals surface area (Å²) in [6.45, 7) is 5.41. The molecule has 0 aliphatic rings. The van der Waals surface area contributed by atoms with E-state index in [0.29, 0.717) is 31.2 Å². The number of hydrogen-bond donors (Lipinski definition) is 2. The fourth-order valence-electron chi connectivity index (χ4n) is 1.34. The topological polar surface area (TPSA) is 73.6 Å². The van der Waals surface area contributed by atoms with Gasteiger partial charge in [0.15, 0.2) is 0 Å². The number of carbonyl (C=O) groups is 1. The van der Waals surface area contributed by atoms with Crippen molar-refractivity contribution in [3.05, 3.63) is 23.8 Å². The van der Waals surface area contributed by atoms with Crippen molar-refractivity contribution >= 4 is 17.3 Å². The Labute approximate surface area is 107 Å². The Hall–Kier alpha value is -1.59. The van der Waals surface area contributed by atoms with Crippen molar-refractivity contribution in [1.82, 2.24) is 0 Å². The minimum absolute atomic E-state index is 0.0147. The van der Waals surface area contributed by atoms with Crippen molar-refractivity contribution in [1.29, 1.82) is 0 Å². The molecule has 0 saturated carbocycles. The Bertz CT molecular complexity index is 394. The van der Waals surface area contributed by atoms with Crippen LogP contribution in [0.25, 0.3) is 0 Å². The highest BCUT2D eigenvalue weighted by molar-refractivity contribution is 5.92. The van der Waals surface area contributed by atoms with E-state index in [2.05, 4.69) is 5.32 Å². The molecule has 0 aliphatic heterocycles. The average Bonchev–Trinajstić information content (AvgIpc) is 2.34. The zero-order chi connectivity index (χ0) is 13.4. The molecule has 0 aliphatic carbocycles. The number of carbonyl (C=O) groups excluding carboxylic acids is 1. The lowest BCUT2D eigenvalue weighted by Gasteiger charge is -2.08. The summed E-state index contributed by atoms with van der Waals surface area (Å²) < 4.78 is 10.2. The predicted octanol–water partition coefficient (Wildman–Crippen LogP) is 1.57. The molecule has 0 heterocycles.